The molecular formula is C12H16N2O5S. The molecule has 0 spiro atoms. The van der Waals surface area contributed by atoms with E-state index >= 15 is 0 Å². The number of primary amides is 1. The standard InChI is InChI=1S/C12H16N2O5S/c1-14(8-7-11(15)19-2)20(17,18)10-5-3-9(4-6-10)12(13)16/h3-6H,7-8H2,1-2H3,(H2,13,16). The number of nitrogens with zero attached hydrogens (tertiary/aromatic N) is 1. The van der Waals surface area contributed by atoms with Crippen LogP contribution in [0.3, 0.4) is 0 Å². The molecule has 0 atom stereocenters. The first kappa shape index (κ1) is 16.1. The predicted molar refractivity (Wildman–Crippen MR) is 71.4 cm³/mol. The Balaban J connectivity index is 2.87. The average molecular weight is 300 g/mol. The number of sulfonamides is 1. The molecule has 8 heteroatoms. The van der Waals surface area contributed by atoms with E-state index in [1.165, 1.54) is 38.4 Å². The van der Waals surface area contributed by atoms with Crippen LogP contribution in [0.2, 0.25) is 0 Å². The fourth-order valence-electron chi connectivity index (χ4n) is 1.44. The second kappa shape index (κ2) is 6.49. The highest BCUT2D eigenvalue weighted by molar-refractivity contribution is 7.89. The average Bonchev–Trinajstić information content (AvgIpc) is 2.44. The number of esters is 1. The van der Waals surface area contributed by atoms with Gasteiger partial charge in [0.15, 0.2) is 0 Å². The topological polar surface area (TPSA) is 107 Å². The van der Waals surface area contributed by atoms with E-state index in [0.717, 1.165) is 4.31 Å². The third kappa shape index (κ3) is 3.78. The molecule has 1 rings (SSSR count). The molecule has 1 amide bonds. The Morgan fingerprint density at radius 2 is 1.80 bits per heavy atom. The molecule has 1 aromatic carbocycles. The Morgan fingerprint density at radius 3 is 2.25 bits per heavy atom. The lowest BCUT2D eigenvalue weighted by Gasteiger charge is -2.16. The summed E-state index contributed by atoms with van der Waals surface area (Å²) < 4.78 is 29.8. The maximum Gasteiger partial charge on any atom is 0.306 e. The molecule has 0 unspecified atom stereocenters. The van der Waals surface area contributed by atoms with Crippen LogP contribution >= 0.6 is 0 Å². The summed E-state index contributed by atoms with van der Waals surface area (Å²) in [5.74, 6) is -1.12. The Hall–Kier alpha value is -1.93. The minimum absolute atomic E-state index is 0.00653. The van der Waals surface area contributed by atoms with E-state index in [0.29, 0.717) is 0 Å². The van der Waals surface area contributed by atoms with E-state index in [4.69, 9.17) is 5.73 Å². The number of methoxy groups -OCH3 is 1. The maximum absolute atomic E-state index is 12.2. The van der Waals surface area contributed by atoms with Crippen LogP contribution in [0.15, 0.2) is 29.2 Å². The number of carbonyl (C=O) groups is 2. The number of benzene rings is 1. The predicted octanol–water partition coefficient (Wildman–Crippen LogP) is -0.0309. The van der Waals surface area contributed by atoms with Crippen molar-refractivity contribution < 1.29 is 22.7 Å². The summed E-state index contributed by atoms with van der Waals surface area (Å²) >= 11 is 0. The van der Waals surface area contributed by atoms with Crippen molar-refractivity contribution in [1.82, 2.24) is 4.31 Å². The van der Waals surface area contributed by atoms with Crippen LogP contribution in [0.5, 0.6) is 0 Å². The highest BCUT2D eigenvalue weighted by atomic mass is 32.2. The van der Waals surface area contributed by atoms with Crippen LogP contribution in [0.25, 0.3) is 0 Å². The quantitative estimate of drug-likeness (QED) is 0.742. The number of nitrogens with two attached hydrogens (primary N) is 1. The van der Waals surface area contributed by atoms with Crippen molar-refractivity contribution in [2.45, 2.75) is 11.3 Å². The minimum Gasteiger partial charge on any atom is -0.469 e. The Morgan fingerprint density at radius 1 is 1.25 bits per heavy atom. The fraction of sp³-hybridized carbons (Fsp3) is 0.333. The van der Waals surface area contributed by atoms with Gasteiger partial charge < -0.3 is 10.5 Å². The second-order valence-electron chi connectivity index (χ2n) is 4.04. The van der Waals surface area contributed by atoms with Gasteiger partial charge in [0.25, 0.3) is 0 Å². The number of hydrogen-bond acceptors (Lipinski definition) is 5. The number of carbonyl (C=O) groups excluding carboxylic acids is 2. The Kier molecular flexibility index (Phi) is 5.23. The summed E-state index contributed by atoms with van der Waals surface area (Å²) in [7, 11) is -1.12. The summed E-state index contributed by atoms with van der Waals surface area (Å²) in [6.45, 7) is 0.00653. The molecule has 20 heavy (non-hydrogen) atoms. The molecule has 0 heterocycles. The van der Waals surface area contributed by atoms with Gasteiger partial charge in [-0.15, -0.1) is 0 Å². The first-order valence-electron chi connectivity index (χ1n) is 5.72. The van der Waals surface area contributed by atoms with Gasteiger partial charge in [-0.2, -0.15) is 0 Å². The fourth-order valence-corrected chi connectivity index (χ4v) is 2.61. The highest BCUT2D eigenvalue weighted by Gasteiger charge is 2.21. The summed E-state index contributed by atoms with van der Waals surface area (Å²) in [6, 6.07) is 5.26. The van der Waals surface area contributed by atoms with Crippen LogP contribution in [-0.4, -0.2) is 45.3 Å². The first-order valence-corrected chi connectivity index (χ1v) is 7.16. The Labute approximate surface area is 117 Å². The molecule has 0 aliphatic rings. The molecule has 0 aliphatic carbocycles. The van der Waals surface area contributed by atoms with Gasteiger partial charge >= 0.3 is 5.97 Å². The molecule has 0 radical (unpaired) electrons. The minimum atomic E-state index is -3.71. The zero-order chi connectivity index (χ0) is 15.3. The van der Waals surface area contributed by atoms with Gasteiger partial charge in [-0.25, -0.2) is 12.7 Å². The SMILES string of the molecule is COC(=O)CCN(C)S(=O)(=O)c1ccc(C(N)=O)cc1. The molecular weight excluding hydrogens is 284 g/mol. The highest BCUT2D eigenvalue weighted by Crippen LogP contribution is 2.15. The van der Waals surface area contributed by atoms with E-state index in [2.05, 4.69) is 4.74 Å². The first-order chi connectivity index (χ1) is 9.28. The van der Waals surface area contributed by atoms with Gasteiger partial charge in [-0.1, -0.05) is 0 Å². The van der Waals surface area contributed by atoms with Crippen molar-refractivity contribution >= 4 is 21.9 Å². The third-order valence-corrected chi connectivity index (χ3v) is 4.58. The van der Waals surface area contributed by atoms with Gasteiger partial charge in [-0.05, 0) is 24.3 Å². The number of ether oxygens (including phenoxy) is 1. The lowest BCUT2D eigenvalue weighted by Crippen LogP contribution is -2.29. The maximum atomic E-state index is 12.2. The van der Waals surface area contributed by atoms with Gasteiger partial charge in [0.1, 0.15) is 0 Å². The van der Waals surface area contributed by atoms with Gasteiger partial charge in [0.2, 0.25) is 15.9 Å². The molecule has 0 saturated carbocycles. The van der Waals surface area contributed by atoms with E-state index in [9.17, 15) is 18.0 Å². The molecule has 7 nitrogen and oxygen atoms in total. The summed E-state index contributed by atoms with van der Waals surface area (Å²) in [6.07, 6.45) is -0.0361. The van der Waals surface area contributed by atoms with Crippen molar-refractivity contribution in [2.75, 3.05) is 20.7 Å². The van der Waals surface area contributed by atoms with E-state index in [1.807, 2.05) is 0 Å². The van der Waals surface area contributed by atoms with Crippen molar-refractivity contribution in [3.8, 4) is 0 Å². The molecule has 0 bridgehead atoms. The Bertz CT molecular complexity index is 595. The summed E-state index contributed by atoms with van der Waals surface area (Å²) in [5.41, 5.74) is 5.30. The third-order valence-electron chi connectivity index (χ3n) is 2.71. The van der Waals surface area contributed by atoms with E-state index in [1.54, 1.807) is 0 Å². The smallest absolute Gasteiger partial charge is 0.306 e. The second-order valence-corrected chi connectivity index (χ2v) is 6.09. The molecule has 0 aromatic heterocycles. The zero-order valence-corrected chi connectivity index (χ0v) is 12.0. The van der Waals surface area contributed by atoms with E-state index in [-0.39, 0.29) is 23.4 Å². The van der Waals surface area contributed by atoms with Crippen LogP contribution in [-0.2, 0) is 19.6 Å². The van der Waals surface area contributed by atoms with Crippen LogP contribution in [0, 0.1) is 0 Å². The van der Waals surface area contributed by atoms with Crippen molar-refractivity contribution in [3.63, 3.8) is 0 Å². The van der Waals surface area contributed by atoms with Crippen molar-refractivity contribution in [2.24, 2.45) is 5.73 Å². The van der Waals surface area contributed by atoms with Gasteiger partial charge in [0.05, 0.1) is 18.4 Å². The summed E-state index contributed by atoms with van der Waals surface area (Å²) in [4.78, 5) is 21.9. The molecule has 110 valence electrons. The molecule has 0 aliphatic heterocycles. The number of hydrogen-bond donors (Lipinski definition) is 1. The van der Waals surface area contributed by atoms with Crippen LogP contribution in [0.4, 0.5) is 0 Å². The van der Waals surface area contributed by atoms with Gasteiger partial charge in [-0.3, -0.25) is 9.59 Å². The van der Waals surface area contributed by atoms with E-state index < -0.39 is 21.9 Å². The van der Waals surface area contributed by atoms with Crippen LogP contribution < -0.4 is 5.73 Å². The normalized spacial score (nSPS) is 11.3. The van der Waals surface area contributed by atoms with Gasteiger partial charge in [0, 0.05) is 19.2 Å². The molecule has 1 aromatic rings. The monoisotopic (exact) mass is 300 g/mol. The molecule has 0 saturated heterocycles. The lowest BCUT2D eigenvalue weighted by molar-refractivity contribution is -0.140. The number of rotatable bonds is 6. The van der Waals surface area contributed by atoms with Crippen molar-refractivity contribution in [3.05, 3.63) is 29.8 Å². The lowest BCUT2D eigenvalue weighted by atomic mass is 10.2. The largest absolute Gasteiger partial charge is 0.469 e. The zero-order valence-electron chi connectivity index (χ0n) is 11.2. The van der Waals surface area contributed by atoms with Crippen LogP contribution in [0.1, 0.15) is 16.8 Å². The molecule has 0 fully saturated rings. The van der Waals surface area contributed by atoms with Crippen molar-refractivity contribution in [1.29, 1.82) is 0 Å². The molecule has 2 N–H and O–H groups in total. The number of amides is 1. The summed E-state index contributed by atoms with van der Waals surface area (Å²) in [5, 5.41) is 0.